The van der Waals surface area contributed by atoms with E-state index in [2.05, 4.69) is 20.0 Å². The molecule has 7 nitrogen and oxygen atoms in total. The van der Waals surface area contributed by atoms with Gasteiger partial charge >= 0.3 is 6.36 Å². The molecule has 0 unspecified atom stereocenters. The number of H-pyrrole nitrogens is 1. The molecule has 3 heterocycles. The largest absolute Gasteiger partial charge is 0.573 e. The molecule has 0 saturated heterocycles. The number of rotatable bonds is 4. The predicted molar refractivity (Wildman–Crippen MR) is 108 cm³/mol. The van der Waals surface area contributed by atoms with E-state index < -0.39 is 17.8 Å². The van der Waals surface area contributed by atoms with Gasteiger partial charge in [-0.25, -0.2) is 0 Å². The summed E-state index contributed by atoms with van der Waals surface area (Å²) >= 11 is 0. The average Bonchev–Trinajstić information content (AvgIpc) is 2.75. The van der Waals surface area contributed by atoms with Crippen LogP contribution in [0.25, 0.3) is 0 Å². The number of aromatic amines is 1. The quantitative estimate of drug-likeness (QED) is 0.642. The molecule has 4 rings (SSSR count). The molecule has 3 aromatic rings. The third-order valence-corrected chi connectivity index (χ3v) is 5.18. The van der Waals surface area contributed by atoms with Crippen molar-refractivity contribution in [3.63, 3.8) is 0 Å². The molecule has 0 spiro atoms. The summed E-state index contributed by atoms with van der Waals surface area (Å²) in [6.45, 7) is 1.73. The van der Waals surface area contributed by atoms with Crippen molar-refractivity contribution in [3.05, 3.63) is 87.6 Å². The standard InChI is InChI=1S/C22H18F3N3O4/c1-13-11-15(5-6-16(13)32-22(23,24)25)21(8-10-31-17-3-2-9-26-19(17)21)28-20(30)14-4-7-18(29)27-12-14/h2-7,9,11-12H,8,10H2,1H3,(H,27,29)(H,28,30)/t21-/m0/s1. The summed E-state index contributed by atoms with van der Waals surface area (Å²) in [4.78, 5) is 31.3. The van der Waals surface area contributed by atoms with Gasteiger partial charge in [-0.2, -0.15) is 0 Å². The second-order valence-corrected chi connectivity index (χ2v) is 7.28. The van der Waals surface area contributed by atoms with Crippen LogP contribution in [-0.4, -0.2) is 28.8 Å². The molecule has 0 fully saturated rings. The normalized spacial score (nSPS) is 17.8. The minimum absolute atomic E-state index is 0.210. The lowest BCUT2D eigenvalue weighted by atomic mass is 9.80. The number of fused-ring (bicyclic) bond motifs is 1. The van der Waals surface area contributed by atoms with Crippen molar-refractivity contribution in [2.45, 2.75) is 25.2 Å². The number of nitrogens with zero attached hydrogens (tertiary/aromatic N) is 1. The lowest BCUT2D eigenvalue weighted by Crippen LogP contribution is -2.50. The van der Waals surface area contributed by atoms with Crippen molar-refractivity contribution >= 4 is 5.91 Å². The van der Waals surface area contributed by atoms with Gasteiger partial charge in [0.15, 0.2) is 0 Å². The molecule has 2 aromatic heterocycles. The highest BCUT2D eigenvalue weighted by molar-refractivity contribution is 5.94. The summed E-state index contributed by atoms with van der Waals surface area (Å²) in [5, 5.41) is 2.97. The van der Waals surface area contributed by atoms with E-state index in [-0.39, 0.29) is 35.5 Å². The third kappa shape index (κ3) is 4.16. The molecule has 1 aliphatic rings. The molecule has 0 aliphatic carbocycles. The van der Waals surface area contributed by atoms with E-state index in [1.807, 2.05) is 0 Å². The van der Waals surface area contributed by atoms with Crippen LogP contribution in [0.4, 0.5) is 13.2 Å². The lowest BCUT2D eigenvalue weighted by Gasteiger charge is -2.39. The van der Waals surface area contributed by atoms with Crippen LogP contribution < -0.4 is 20.3 Å². The number of carbonyl (C=O) groups is 1. The fourth-order valence-electron chi connectivity index (χ4n) is 3.71. The summed E-state index contributed by atoms with van der Waals surface area (Å²) in [5.74, 6) is -0.376. The van der Waals surface area contributed by atoms with E-state index in [1.165, 1.54) is 43.5 Å². The minimum atomic E-state index is -4.82. The molecule has 10 heteroatoms. The Labute approximate surface area is 180 Å². The van der Waals surface area contributed by atoms with Crippen molar-refractivity contribution in [2.75, 3.05) is 6.61 Å². The first-order valence-electron chi connectivity index (χ1n) is 9.64. The molecule has 32 heavy (non-hydrogen) atoms. The zero-order valence-corrected chi connectivity index (χ0v) is 16.8. The lowest BCUT2D eigenvalue weighted by molar-refractivity contribution is -0.274. The Morgan fingerprint density at radius 1 is 1.25 bits per heavy atom. The van der Waals surface area contributed by atoms with Crippen molar-refractivity contribution in [1.82, 2.24) is 15.3 Å². The Hall–Kier alpha value is -3.82. The average molecular weight is 445 g/mol. The minimum Gasteiger partial charge on any atom is -0.491 e. The van der Waals surface area contributed by atoms with Crippen molar-refractivity contribution in [2.24, 2.45) is 0 Å². The molecule has 1 atom stereocenters. The summed E-state index contributed by atoms with van der Waals surface area (Å²) in [5.41, 5.74) is -0.143. The summed E-state index contributed by atoms with van der Waals surface area (Å²) in [7, 11) is 0. The summed E-state index contributed by atoms with van der Waals surface area (Å²) in [6, 6.07) is 10.2. The van der Waals surface area contributed by atoms with Crippen LogP contribution in [0.1, 0.15) is 33.6 Å². The highest BCUT2D eigenvalue weighted by atomic mass is 19.4. The van der Waals surface area contributed by atoms with Gasteiger partial charge in [-0.3, -0.25) is 14.6 Å². The number of nitrogens with one attached hydrogen (secondary N) is 2. The Bertz CT molecular complexity index is 1210. The van der Waals surface area contributed by atoms with E-state index in [0.29, 0.717) is 17.0 Å². The molecule has 1 aliphatic heterocycles. The maximum atomic E-state index is 13.1. The van der Waals surface area contributed by atoms with Gasteiger partial charge in [0, 0.05) is 24.9 Å². The molecule has 0 saturated carbocycles. The number of hydrogen-bond donors (Lipinski definition) is 2. The number of alkyl halides is 3. The number of benzene rings is 1. The fourth-order valence-corrected chi connectivity index (χ4v) is 3.71. The van der Waals surface area contributed by atoms with Gasteiger partial charge in [-0.15, -0.1) is 13.2 Å². The van der Waals surface area contributed by atoms with Crippen LogP contribution in [-0.2, 0) is 5.54 Å². The van der Waals surface area contributed by atoms with Gasteiger partial charge < -0.3 is 19.8 Å². The zero-order valence-electron chi connectivity index (χ0n) is 16.8. The van der Waals surface area contributed by atoms with Gasteiger partial charge in [0.1, 0.15) is 22.7 Å². The SMILES string of the molecule is Cc1cc([C@@]2(NC(=O)c3ccc(=O)[nH]c3)CCOc3cccnc32)ccc1OC(F)(F)F. The summed E-state index contributed by atoms with van der Waals surface area (Å²) in [6.07, 6.45) is -1.71. The molecule has 1 amide bonds. The molecular weight excluding hydrogens is 427 g/mol. The molecular formula is C22H18F3N3O4. The van der Waals surface area contributed by atoms with E-state index >= 15 is 0 Å². The van der Waals surface area contributed by atoms with Crippen molar-refractivity contribution < 1.29 is 27.4 Å². The molecule has 0 radical (unpaired) electrons. The van der Waals surface area contributed by atoms with Crippen LogP contribution in [0.2, 0.25) is 0 Å². The van der Waals surface area contributed by atoms with Gasteiger partial charge in [0.05, 0.1) is 12.2 Å². The van der Waals surface area contributed by atoms with Crippen molar-refractivity contribution in [1.29, 1.82) is 0 Å². The molecule has 0 bridgehead atoms. The topological polar surface area (TPSA) is 93.3 Å². The first kappa shape index (κ1) is 21.4. The monoisotopic (exact) mass is 445 g/mol. The van der Waals surface area contributed by atoms with E-state index in [1.54, 1.807) is 18.3 Å². The molecule has 166 valence electrons. The smallest absolute Gasteiger partial charge is 0.491 e. The Morgan fingerprint density at radius 3 is 2.75 bits per heavy atom. The Kier molecular flexibility index (Phi) is 5.37. The Balaban J connectivity index is 1.81. The maximum Gasteiger partial charge on any atom is 0.573 e. The van der Waals surface area contributed by atoms with Crippen molar-refractivity contribution in [3.8, 4) is 11.5 Å². The number of halogens is 3. The zero-order chi connectivity index (χ0) is 22.9. The van der Waals surface area contributed by atoms with Gasteiger partial charge in [0.2, 0.25) is 5.56 Å². The Morgan fingerprint density at radius 2 is 2.06 bits per heavy atom. The highest BCUT2D eigenvalue weighted by Gasteiger charge is 2.43. The van der Waals surface area contributed by atoms with Gasteiger partial charge in [-0.05, 0) is 48.4 Å². The predicted octanol–water partition coefficient (Wildman–Crippen LogP) is 3.43. The first-order valence-corrected chi connectivity index (χ1v) is 9.64. The van der Waals surface area contributed by atoms with Crippen LogP contribution in [0.3, 0.4) is 0 Å². The van der Waals surface area contributed by atoms with Gasteiger partial charge in [-0.1, -0.05) is 6.07 Å². The summed E-state index contributed by atoms with van der Waals surface area (Å²) < 4.78 is 47.9. The van der Waals surface area contributed by atoms with Gasteiger partial charge in [0.25, 0.3) is 5.91 Å². The van der Waals surface area contributed by atoms with E-state index in [9.17, 15) is 22.8 Å². The number of ether oxygens (including phenoxy) is 2. The van der Waals surface area contributed by atoms with Crippen LogP contribution in [0, 0.1) is 6.92 Å². The number of aryl methyl sites for hydroxylation is 1. The fraction of sp³-hybridized carbons (Fsp3) is 0.227. The first-order chi connectivity index (χ1) is 15.2. The van der Waals surface area contributed by atoms with Crippen LogP contribution in [0.5, 0.6) is 11.5 Å². The van der Waals surface area contributed by atoms with Crippen LogP contribution >= 0.6 is 0 Å². The second-order valence-electron chi connectivity index (χ2n) is 7.28. The number of aromatic nitrogens is 2. The van der Waals surface area contributed by atoms with E-state index in [4.69, 9.17) is 4.74 Å². The molecule has 1 aromatic carbocycles. The number of carbonyl (C=O) groups excluding carboxylic acids is 1. The number of amides is 1. The van der Waals surface area contributed by atoms with Crippen LogP contribution in [0.15, 0.2) is 59.7 Å². The third-order valence-electron chi connectivity index (χ3n) is 5.18. The maximum absolute atomic E-state index is 13.1. The van der Waals surface area contributed by atoms with E-state index in [0.717, 1.165) is 0 Å². The highest BCUT2D eigenvalue weighted by Crippen LogP contribution is 2.42. The molecule has 2 N–H and O–H groups in total. The number of hydrogen-bond acceptors (Lipinski definition) is 5. The number of pyridine rings is 2. The second kappa shape index (κ2) is 8.03.